The van der Waals surface area contributed by atoms with E-state index in [1.165, 1.54) is 12.8 Å². The van der Waals surface area contributed by atoms with Crippen LogP contribution in [0.1, 0.15) is 33.1 Å². The second kappa shape index (κ2) is 5.60. The van der Waals surface area contributed by atoms with Crippen molar-refractivity contribution in [3.05, 3.63) is 18.3 Å². The average molecular weight is 275 g/mol. The van der Waals surface area contributed by atoms with Gasteiger partial charge in [-0.3, -0.25) is 0 Å². The molecule has 3 atom stereocenters. The van der Waals surface area contributed by atoms with Crippen molar-refractivity contribution in [3.63, 3.8) is 0 Å². The Balaban J connectivity index is 1.77. The zero-order chi connectivity index (χ0) is 14.1. The van der Waals surface area contributed by atoms with Crippen LogP contribution in [0.3, 0.4) is 0 Å². The second-order valence-corrected chi connectivity index (χ2v) is 6.49. The summed E-state index contributed by atoms with van der Waals surface area (Å²) in [6, 6.07) is 4.36. The number of nitrogens with zero attached hydrogens (tertiary/aromatic N) is 2. The van der Waals surface area contributed by atoms with E-state index in [2.05, 4.69) is 23.7 Å². The van der Waals surface area contributed by atoms with Crippen molar-refractivity contribution in [2.24, 2.45) is 17.6 Å². The molecule has 20 heavy (non-hydrogen) atoms. The van der Waals surface area contributed by atoms with Gasteiger partial charge in [0.25, 0.3) is 0 Å². The number of hydrogen-bond donors (Lipinski definition) is 1. The van der Waals surface area contributed by atoms with Crippen LogP contribution in [0.15, 0.2) is 18.3 Å². The van der Waals surface area contributed by atoms with Gasteiger partial charge in [-0.15, -0.1) is 0 Å². The molecule has 0 amide bonds. The molecule has 1 saturated heterocycles. The van der Waals surface area contributed by atoms with Crippen LogP contribution in [0.25, 0.3) is 0 Å². The molecule has 4 heteroatoms. The van der Waals surface area contributed by atoms with Crippen molar-refractivity contribution in [3.8, 4) is 5.75 Å². The van der Waals surface area contributed by atoms with E-state index in [9.17, 15) is 0 Å². The zero-order valence-corrected chi connectivity index (χ0v) is 12.5. The number of nitrogens with two attached hydrogens (primary N) is 1. The molecule has 1 aliphatic heterocycles. The lowest BCUT2D eigenvalue weighted by Gasteiger charge is -2.27. The first-order valence-electron chi connectivity index (χ1n) is 7.75. The number of ether oxygens (including phenoxy) is 1. The summed E-state index contributed by atoms with van der Waals surface area (Å²) in [5.74, 6) is 3.42. The molecule has 110 valence electrons. The minimum Gasteiger partial charge on any atom is -0.487 e. The first-order valence-corrected chi connectivity index (χ1v) is 7.75. The third-order valence-corrected chi connectivity index (χ3v) is 4.50. The molecule has 2 fully saturated rings. The van der Waals surface area contributed by atoms with E-state index in [0.29, 0.717) is 6.04 Å². The first-order chi connectivity index (χ1) is 9.63. The molecule has 1 unspecified atom stereocenters. The Hall–Kier alpha value is -1.29. The summed E-state index contributed by atoms with van der Waals surface area (Å²) in [5.41, 5.74) is 6.11. The van der Waals surface area contributed by atoms with Gasteiger partial charge in [0.1, 0.15) is 0 Å². The SMILES string of the molecule is CC(C)Oc1cccnc1N1C[C@H]2CCC(N)C[C@H]2C1. The van der Waals surface area contributed by atoms with Crippen LogP contribution in [-0.2, 0) is 0 Å². The average Bonchev–Trinajstić information content (AvgIpc) is 2.81. The molecule has 2 heterocycles. The molecule has 0 radical (unpaired) electrons. The summed E-state index contributed by atoms with van der Waals surface area (Å²) in [5, 5.41) is 0. The summed E-state index contributed by atoms with van der Waals surface area (Å²) in [7, 11) is 0. The van der Waals surface area contributed by atoms with Gasteiger partial charge >= 0.3 is 0 Å². The van der Waals surface area contributed by atoms with E-state index in [0.717, 1.165) is 42.9 Å². The quantitative estimate of drug-likeness (QED) is 0.920. The molecule has 0 bridgehead atoms. The highest BCUT2D eigenvalue weighted by atomic mass is 16.5. The van der Waals surface area contributed by atoms with Crippen LogP contribution in [0, 0.1) is 11.8 Å². The molecule has 0 spiro atoms. The molecule has 1 aliphatic carbocycles. The van der Waals surface area contributed by atoms with Gasteiger partial charge in [-0.2, -0.15) is 0 Å². The molecular formula is C16H25N3O. The maximum atomic E-state index is 6.11. The molecule has 0 aromatic carbocycles. The third kappa shape index (κ3) is 2.75. The summed E-state index contributed by atoms with van der Waals surface area (Å²) in [4.78, 5) is 6.95. The van der Waals surface area contributed by atoms with E-state index in [4.69, 9.17) is 10.5 Å². The van der Waals surface area contributed by atoms with E-state index >= 15 is 0 Å². The Labute approximate surface area is 121 Å². The van der Waals surface area contributed by atoms with Crippen LogP contribution >= 0.6 is 0 Å². The summed E-state index contributed by atoms with van der Waals surface area (Å²) >= 11 is 0. The van der Waals surface area contributed by atoms with Crippen molar-refractivity contribution in [1.82, 2.24) is 4.98 Å². The Morgan fingerprint density at radius 2 is 2.10 bits per heavy atom. The fourth-order valence-corrected chi connectivity index (χ4v) is 3.61. The van der Waals surface area contributed by atoms with Crippen LogP contribution in [0.4, 0.5) is 5.82 Å². The Morgan fingerprint density at radius 1 is 1.30 bits per heavy atom. The van der Waals surface area contributed by atoms with Crippen LogP contribution < -0.4 is 15.4 Å². The predicted molar refractivity (Wildman–Crippen MR) is 81.0 cm³/mol. The van der Waals surface area contributed by atoms with Gasteiger partial charge in [0.15, 0.2) is 11.6 Å². The second-order valence-electron chi connectivity index (χ2n) is 6.49. The third-order valence-electron chi connectivity index (χ3n) is 4.50. The highest BCUT2D eigenvalue weighted by Gasteiger charge is 2.37. The predicted octanol–water partition coefficient (Wildman–Crippen LogP) is 2.43. The van der Waals surface area contributed by atoms with E-state index in [1.54, 1.807) is 0 Å². The molecular weight excluding hydrogens is 250 g/mol. The van der Waals surface area contributed by atoms with E-state index in [1.807, 2.05) is 18.3 Å². The summed E-state index contributed by atoms with van der Waals surface area (Å²) < 4.78 is 5.90. The zero-order valence-electron chi connectivity index (χ0n) is 12.5. The smallest absolute Gasteiger partial charge is 0.171 e. The topological polar surface area (TPSA) is 51.4 Å². The highest BCUT2D eigenvalue weighted by Crippen LogP contribution is 2.39. The van der Waals surface area contributed by atoms with Gasteiger partial charge in [0, 0.05) is 25.3 Å². The fourth-order valence-electron chi connectivity index (χ4n) is 3.61. The minimum atomic E-state index is 0.177. The number of anilines is 1. The Bertz CT molecular complexity index is 463. The van der Waals surface area contributed by atoms with Gasteiger partial charge in [0.2, 0.25) is 0 Å². The standard InChI is InChI=1S/C16H25N3O/c1-11(2)20-15-4-3-7-18-16(15)19-9-12-5-6-14(17)8-13(12)10-19/h3-4,7,11-14H,5-6,8-10,17H2,1-2H3/t12-,13+,14?/m1/s1. The number of pyridine rings is 1. The van der Waals surface area contributed by atoms with Crippen molar-refractivity contribution < 1.29 is 4.74 Å². The Morgan fingerprint density at radius 3 is 2.90 bits per heavy atom. The maximum absolute atomic E-state index is 6.11. The van der Waals surface area contributed by atoms with Gasteiger partial charge in [0.05, 0.1) is 6.10 Å². The summed E-state index contributed by atoms with van der Waals surface area (Å²) in [6.07, 6.45) is 5.63. The minimum absolute atomic E-state index is 0.177. The molecule has 2 aliphatic rings. The van der Waals surface area contributed by atoms with Gasteiger partial charge in [-0.25, -0.2) is 4.98 Å². The largest absolute Gasteiger partial charge is 0.487 e. The first kappa shape index (κ1) is 13.7. The molecule has 1 saturated carbocycles. The number of fused-ring (bicyclic) bond motifs is 1. The monoisotopic (exact) mass is 275 g/mol. The van der Waals surface area contributed by atoms with E-state index < -0.39 is 0 Å². The van der Waals surface area contributed by atoms with Crippen LogP contribution in [0.5, 0.6) is 5.75 Å². The molecule has 2 N–H and O–H groups in total. The number of aromatic nitrogens is 1. The lowest BCUT2D eigenvalue weighted by Crippen LogP contribution is -2.32. The number of hydrogen-bond acceptors (Lipinski definition) is 4. The fraction of sp³-hybridized carbons (Fsp3) is 0.688. The van der Waals surface area contributed by atoms with Gasteiger partial charge in [-0.1, -0.05) is 0 Å². The van der Waals surface area contributed by atoms with E-state index in [-0.39, 0.29) is 6.10 Å². The van der Waals surface area contributed by atoms with Crippen molar-refractivity contribution >= 4 is 5.82 Å². The van der Waals surface area contributed by atoms with Gasteiger partial charge in [-0.05, 0) is 57.1 Å². The molecule has 4 nitrogen and oxygen atoms in total. The van der Waals surface area contributed by atoms with Crippen LogP contribution in [0.2, 0.25) is 0 Å². The highest BCUT2D eigenvalue weighted by molar-refractivity contribution is 5.53. The van der Waals surface area contributed by atoms with Crippen LogP contribution in [-0.4, -0.2) is 30.2 Å². The normalized spacial score (nSPS) is 29.6. The Kier molecular flexibility index (Phi) is 3.83. The molecule has 1 aromatic rings. The van der Waals surface area contributed by atoms with Crippen molar-refractivity contribution in [2.45, 2.75) is 45.3 Å². The molecule has 3 rings (SSSR count). The molecule has 1 aromatic heterocycles. The lowest BCUT2D eigenvalue weighted by atomic mass is 9.79. The van der Waals surface area contributed by atoms with Crippen molar-refractivity contribution in [2.75, 3.05) is 18.0 Å². The number of rotatable bonds is 3. The summed E-state index contributed by atoms with van der Waals surface area (Å²) in [6.45, 7) is 6.28. The van der Waals surface area contributed by atoms with Crippen molar-refractivity contribution in [1.29, 1.82) is 0 Å². The van der Waals surface area contributed by atoms with Gasteiger partial charge < -0.3 is 15.4 Å². The maximum Gasteiger partial charge on any atom is 0.171 e. The lowest BCUT2D eigenvalue weighted by molar-refractivity contribution is 0.242.